The Morgan fingerprint density at radius 2 is 1.86 bits per heavy atom. The molecule has 0 saturated heterocycles. The van der Waals surface area contributed by atoms with Crippen LogP contribution in [0, 0.1) is 34.5 Å². The van der Waals surface area contributed by atoms with E-state index >= 15 is 0 Å². The summed E-state index contributed by atoms with van der Waals surface area (Å²) >= 11 is 0. The molecule has 0 aliphatic heterocycles. The third-order valence-corrected chi connectivity index (χ3v) is 7.91. The van der Waals surface area contributed by atoms with E-state index in [-0.39, 0.29) is 0 Å². The van der Waals surface area contributed by atoms with Crippen molar-refractivity contribution in [2.75, 3.05) is 0 Å². The quantitative estimate of drug-likeness (QED) is 0.622. The summed E-state index contributed by atoms with van der Waals surface area (Å²) in [6, 6.07) is 0. The summed E-state index contributed by atoms with van der Waals surface area (Å²) in [6.07, 6.45) is 12.0. The summed E-state index contributed by atoms with van der Waals surface area (Å²) in [7, 11) is 0. The van der Waals surface area contributed by atoms with Gasteiger partial charge < -0.3 is 5.11 Å². The molecular weight excluding hydrogens is 256 g/mol. The Kier molecular flexibility index (Phi) is 3.91. The average Bonchev–Trinajstić information content (AvgIpc) is 2.74. The van der Waals surface area contributed by atoms with E-state index < -0.39 is 0 Å². The molecule has 3 aliphatic carbocycles. The fourth-order valence-electron chi connectivity index (χ4n) is 6.95. The summed E-state index contributed by atoms with van der Waals surface area (Å²) in [5.41, 5.74) is 0.921. The van der Waals surface area contributed by atoms with Gasteiger partial charge in [-0.3, -0.25) is 0 Å². The Hall–Kier alpha value is -0.460. The maximum absolute atomic E-state index is 9.78. The molecule has 1 nitrogen and oxygen atoms in total. The predicted molar refractivity (Wildman–Crippen MR) is 89.2 cm³/mol. The first-order valence-electron chi connectivity index (χ1n) is 9.27. The lowest BCUT2D eigenvalue weighted by Gasteiger charge is -2.56. The van der Waals surface area contributed by atoms with Crippen LogP contribution in [0.15, 0.2) is 12.3 Å². The third kappa shape index (κ3) is 2.35. The van der Waals surface area contributed by atoms with Crippen molar-refractivity contribution in [1.29, 1.82) is 0 Å². The smallest absolute Gasteiger partial charge is 0.0856 e. The van der Waals surface area contributed by atoms with E-state index in [0.717, 1.165) is 30.1 Å². The number of hydrogen-bond donors (Lipinski definition) is 1. The van der Waals surface area contributed by atoms with Crippen LogP contribution in [0.3, 0.4) is 0 Å². The van der Waals surface area contributed by atoms with Crippen LogP contribution in [0.5, 0.6) is 0 Å². The SMILES string of the molecule is C=C(O)CC1(C)CCCC2C1CCC1(C)C(CC)CCC21. The van der Waals surface area contributed by atoms with Crippen LogP contribution in [0.1, 0.15) is 78.6 Å². The Labute approximate surface area is 131 Å². The molecule has 0 spiro atoms. The first kappa shape index (κ1) is 15.4. The zero-order valence-electron chi connectivity index (χ0n) is 14.3. The topological polar surface area (TPSA) is 20.2 Å². The second-order valence-corrected chi connectivity index (χ2v) is 8.89. The zero-order valence-corrected chi connectivity index (χ0v) is 14.3. The molecule has 3 aliphatic rings. The summed E-state index contributed by atoms with van der Waals surface area (Å²) in [5.74, 6) is 4.06. The van der Waals surface area contributed by atoms with Crippen molar-refractivity contribution in [1.82, 2.24) is 0 Å². The molecule has 21 heavy (non-hydrogen) atoms. The van der Waals surface area contributed by atoms with Gasteiger partial charge in [-0.15, -0.1) is 0 Å². The number of aliphatic hydroxyl groups is 1. The zero-order chi connectivity index (χ0) is 15.3. The first-order valence-corrected chi connectivity index (χ1v) is 9.27. The molecule has 6 unspecified atom stereocenters. The lowest BCUT2D eigenvalue weighted by atomic mass is 9.48. The molecule has 6 atom stereocenters. The van der Waals surface area contributed by atoms with Gasteiger partial charge in [0.15, 0.2) is 0 Å². The largest absolute Gasteiger partial charge is 0.513 e. The Morgan fingerprint density at radius 3 is 2.52 bits per heavy atom. The average molecular weight is 290 g/mol. The Balaban J connectivity index is 1.85. The van der Waals surface area contributed by atoms with Gasteiger partial charge in [0, 0.05) is 6.42 Å². The number of allylic oxidation sites excluding steroid dienone is 1. The highest BCUT2D eigenvalue weighted by Crippen LogP contribution is 2.65. The van der Waals surface area contributed by atoms with Crippen LogP contribution in [0.2, 0.25) is 0 Å². The van der Waals surface area contributed by atoms with Crippen molar-refractivity contribution in [3.05, 3.63) is 12.3 Å². The second-order valence-electron chi connectivity index (χ2n) is 8.89. The van der Waals surface area contributed by atoms with Crippen molar-refractivity contribution in [2.24, 2.45) is 34.5 Å². The predicted octanol–water partition coefficient (Wildman–Crippen LogP) is 6.11. The molecular formula is C20H34O. The van der Waals surface area contributed by atoms with Crippen molar-refractivity contribution in [3.63, 3.8) is 0 Å². The highest BCUT2D eigenvalue weighted by atomic mass is 16.3. The van der Waals surface area contributed by atoms with Gasteiger partial charge in [0.1, 0.15) is 0 Å². The minimum absolute atomic E-state index is 0.306. The molecule has 3 rings (SSSR count). The maximum Gasteiger partial charge on any atom is 0.0856 e. The van der Waals surface area contributed by atoms with E-state index in [1.54, 1.807) is 0 Å². The van der Waals surface area contributed by atoms with Gasteiger partial charge >= 0.3 is 0 Å². The first-order chi connectivity index (χ1) is 9.90. The molecule has 0 aromatic heterocycles. The fraction of sp³-hybridized carbons (Fsp3) is 0.900. The van der Waals surface area contributed by atoms with Crippen molar-refractivity contribution in [3.8, 4) is 0 Å². The van der Waals surface area contributed by atoms with Gasteiger partial charge in [0.05, 0.1) is 5.76 Å². The molecule has 0 aromatic rings. The molecule has 3 fully saturated rings. The number of fused-ring (bicyclic) bond motifs is 3. The highest BCUT2D eigenvalue weighted by Gasteiger charge is 2.56. The van der Waals surface area contributed by atoms with E-state index in [1.807, 2.05) is 0 Å². The maximum atomic E-state index is 9.78. The van der Waals surface area contributed by atoms with Gasteiger partial charge in [-0.1, -0.05) is 40.2 Å². The summed E-state index contributed by atoms with van der Waals surface area (Å²) < 4.78 is 0. The van der Waals surface area contributed by atoms with Crippen molar-refractivity contribution in [2.45, 2.75) is 78.6 Å². The van der Waals surface area contributed by atoms with E-state index in [0.29, 0.717) is 16.6 Å². The molecule has 0 bridgehead atoms. The minimum Gasteiger partial charge on any atom is -0.513 e. The molecule has 0 radical (unpaired) electrons. The fourth-order valence-corrected chi connectivity index (χ4v) is 6.95. The summed E-state index contributed by atoms with van der Waals surface area (Å²) in [5, 5.41) is 9.78. The van der Waals surface area contributed by atoms with Crippen LogP contribution in [-0.4, -0.2) is 5.11 Å². The monoisotopic (exact) mass is 290 g/mol. The van der Waals surface area contributed by atoms with Crippen LogP contribution >= 0.6 is 0 Å². The summed E-state index contributed by atoms with van der Waals surface area (Å²) in [4.78, 5) is 0. The summed E-state index contributed by atoms with van der Waals surface area (Å²) in [6.45, 7) is 11.2. The normalized spacial score (nSPS) is 49.5. The van der Waals surface area contributed by atoms with Crippen molar-refractivity contribution < 1.29 is 5.11 Å². The van der Waals surface area contributed by atoms with E-state index in [4.69, 9.17) is 0 Å². The second kappa shape index (κ2) is 5.32. The number of hydrogen-bond acceptors (Lipinski definition) is 1. The van der Waals surface area contributed by atoms with E-state index in [9.17, 15) is 5.11 Å². The van der Waals surface area contributed by atoms with Gasteiger partial charge in [-0.05, 0) is 73.0 Å². The highest BCUT2D eigenvalue weighted by molar-refractivity contribution is 5.07. The molecule has 0 aromatic carbocycles. The lowest BCUT2D eigenvalue weighted by molar-refractivity contribution is -0.0707. The van der Waals surface area contributed by atoms with Crippen LogP contribution in [-0.2, 0) is 0 Å². The molecule has 120 valence electrons. The third-order valence-electron chi connectivity index (χ3n) is 7.91. The van der Waals surface area contributed by atoms with Crippen LogP contribution in [0.25, 0.3) is 0 Å². The van der Waals surface area contributed by atoms with Crippen molar-refractivity contribution >= 4 is 0 Å². The Morgan fingerprint density at radius 1 is 1.10 bits per heavy atom. The molecule has 0 heterocycles. The van der Waals surface area contributed by atoms with E-state index in [1.165, 1.54) is 51.4 Å². The molecule has 1 N–H and O–H groups in total. The van der Waals surface area contributed by atoms with Gasteiger partial charge in [-0.2, -0.15) is 0 Å². The van der Waals surface area contributed by atoms with Crippen LogP contribution in [0.4, 0.5) is 0 Å². The molecule has 0 amide bonds. The van der Waals surface area contributed by atoms with Gasteiger partial charge in [-0.25, -0.2) is 0 Å². The number of aliphatic hydroxyl groups excluding tert-OH is 1. The van der Waals surface area contributed by atoms with E-state index in [2.05, 4.69) is 27.4 Å². The van der Waals surface area contributed by atoms with Gasteiger partial charge in [0.2, 0.25) is 0 Å². The lowest BCUT2D eigenvalue weighted by Crippen LogP contribution is -2.48. The van der Waals surface area contributed by atoms with Gasteiger partial charge in [0.25, 0.3) is 0 Å². The Bertz CT molecular complexity index is 414. The molecule has 1 heteroatoms. The standard InChI is InChI=1S/C20H34O/c1-5-15-8-9-18-16-7-6-11-19(3,13-14(2)21)17(16)10-12-20(15,18)4/h15-18,21H,2,5-13H2,1,3-4H3. The molecule has 3 saturated carbocycles. The van der Waals surface area contributed by atoms with Crippen LogP contribution < -0.4 is 0 Å². The number of rotatable bonds is 3. The minimum atomic E-state index is 0.306.